The van der Waals surface area contributed by atoms with Crippen molar-refractivity contribution in [3.05, 3.63) is 29.6 Å². The molecule has 1 aromatic heterocycles. The maximum atomic E-state index is 5.51. The minimum Gasteiger partial charge on any atom is -0.330 e. The van der Waals surface area contributed by atoms with Crippen LogP contribution in [0.2, 0.25) is 0 Å². The summed E-state index contributed by atoms with van der Waals surface area (Å²) < 4.78 is 0. The Morgan fingerprint density at radius 2 is 2.36 bits per heavy atom. The van der Waals surface area contributed by atoms with Crippen LogP contribution in [0, 0.1) is 6.92 Å². The molecule has 0 fully saturated rings. The van der Waals surface area contributed by atoms with Crippen LogP contribution in [0.25, 0.3) is 0 Å². The van der Waals surface area contributed by atoms with Crippen LogP contribution in [0.5, 0.6) is 0 Å². The van der Waals surface area contributed by atoms with Crippen molar-refractivity contribution >= 4 is 0 Å². The number of nitrogens with two attached hydrogens (primary N) is 1. The Kier molecular flexibility index (Phi) is 2.60. The van der Waals surface area contributed by atoms with Gasteiger partial charge in [-0.15, -0.1) is 0 Å². The van der Waals surface area contributed by atoms with Gasteiger partial charge in [0.15, 0.2) is 0 Å². The molecule has 2 heteroatoms. The summed E-state index contributed by atoms with van der Waals surface area (Å²) >= 11 is 0. The average Bonchev–Trinajstić information content (AvgIpc) is 2.03. The highest BCUT2D eigenvalue weighted by Crippen LogP contribution is 2.10. The van der Waals surface area contributed by atoms with Gasteiger partial charge in [0, 0.05) is 24.4 Å². The molecule has 0 bridgehead atoms. The molecule has 0 spiro atoms. The van der Waals surface area contributed by atoms with Crippen LogP contribution in [0.4, 0.5) is 0 Å². The number of nitrogens with zero attached hydrogens (tertiary/aromatic N) is 1. The first-order valence-electron chi connectivity index (χ1n) is 3.86. The Hall–Kier alpha value is -0.890. The van der Waals surface area contributed by atoms with Crippen LogP contribution >= 0.6 is 0 Å². The molecule has 0 saturated carbocycles. The van der Waals surface area contributed by atoms with Crippen LogP contribution < -0.4 is 5.73 Å². The summed E-state index contributed by atoms with van der Waals surface area (Å²) in [7, 11) is 0. The van der Waals surface area contributed by atoms with Gasteiger partial charge in [-0.2, -0.15) is 0 Å². The van der Waals surface area contributed by atoms with E-state index in [-0.39, 0.29) is 0 Å². The quantitative estimate of drug-likeness (QED) is 0.693. The number of aromatic nitrogens is 1. The third-order valence-corrected chi connectivity index (χ3v) is 1.80. The molecule has 1 atom stereocenters. The Bertz CT molecular complexity index is 233. The smallest absolute Gasteiger partial charge is 0.0446 e. The molecule has 0 saturated heterocycles. The minimum atomic E-state index is 0.370. The van der Waals surface area contributed by atoms with Crippen molar-refractivity contribution in [1.29, 1.82) is 0 Å². The Morgan fingerprint density at radius 3 is 2.91 bits per heavy atom. The van der Waals surface area contributed by atoms with E-state index < -0.39 is 0 Å². The zero-order chi connectivity index (χ0) is 8.27. The molecule has 60 valence electrons. The van der Waals surface area contributed by atoms with Gasteiger partial charge < -0.3 is 5.73 Å². The van der Waals surface area contributed by atoms with E-state index in [0.717, 1.165) is 5.69 Å². The van der Waals surface area contributed by atoms with Crippen molar-refractivity contribution in [2.45, 2.75) is 19.8 Å². The maximum Gasteiger partial charge on any atom is 0.0446 e. The fourth-order valence-corrected chi connectivity index (χ4v) is 0.950. The summed E-state index contributed by atoms with van der Waals surface area (Å²) in [5.74, 6) is 0.370. The topological polar surface area (TPSA) is 38.9 Å². The second-order valence-corrected chi connectivity index (χ2v) is 2.89. The average molecular weight is 150 g/mol. The molecular weight excluding hydrogens is 136 g/mol. The van der Waals surface area contributed by atoms with E-state index in [0.29, 0.717) is 12.5 Å². The first kappa shape index (κ1) is 8.21. The molecule has 0 aliphatic rings. The first-order valence-corrected chi connectivity index (χ1v) is 3.86. The van der Waals surface area contributed by atoms with Gasteiger partial charge in [0.1, 0.15) is 0 Å². The normalized spacial score (nSPS) is 13.0. The molecule has 0 amide bonds. The van der Waals surface area contributed by atoms with Crippen molar-refractivity contribution in [3.63, 3.8) is 0 Å². The number of pyridine rings is 1. The zero-order valence-corrected chi connectivity index (χ0v) is 7.04. The highest BCUT2D eigenvalue weighted by atomic mass is 14.7. The lowest BCUT2D eigenvalue weighted by molar-refractivity contribution is 0.744. The summed E-state index contributed by atoms with van der Waals surface area (Å²) in [6, 6.07) is 4.07. The van der Waals surface area contributed by atoms with Gasteiger partial charge in [0.25, 0.3) is 0 Å². The van der Waals surface area contributed by atoms with E-state index in [2.05, 4.69) is 24.9 Å². The van der Waals surface area contributed by atoms with Crippen LogP contribution in [0.3, 0.4) is 0 Å². The highest BCUT2D eigenvalue weighted by Gasteiger charge is 2.02. The molecule has 1 unspecified atom stereocenters. The molecule has 0 radical (unpaired) electrons. The molecule has 0 aromatic carbocycles. The van der Waals surface area contributed by atoms with Crippen molar-refractivity contribution in [1.82, 2.24) is 4.98 Å². The number of rotatable bonds is 2. The summed E-state index contributed by atoms with van der Waals surface area (Å²) in [4.78, 5) is 4.23. The van der Waals surface area contributed by atoms with Crippen molar-refractivity contribution in [3.8, 4) is 0 Å². The first-order chi connectivity index (χ1) is 5.24. The van der Waals surface area contributed by atoms with E-state index in [1.165, 1.54) is 5.56 Å². The predicted octanol–water partition coefficient (Wildman–Crippen LogP) is 1.45. The largest absolute Gasteiger partial charge is 0.330 e. The molecule has 2 N–H and O–H groups in total. The van der Waals surface area contributed by atoms with E-state index in [1.54, 1.807) is 0 Å². The van der Waals surface area contributed by atoms with Crippen LogP contribution in [0.1, 0.15) is 24.1 Å². The van der Waals surface area contributed by atoms with Gasteiger partial charge >= 0.3 is 0 Å². The third kappa shape index (κ3) is 2.02. The van der Waals surface area contributed by atoms with Gasteiger partial charge in [-0.25, -0.2) is 0 Å². The number of aryl methyl sites for hydroxylation is 1. The lowest BCUT2D eigenvalue weighted by Gasteiger charge is -2.07. The summed E-state index contributed by atoms with van der Waals surface area (Å²) in [5, 5.41) is 0. The van der Waals surface area contributed by atoms with Crippen molar-refractivity contribution in [2.24, 2.45) is 5.73 Å². The maximum absolute atomic E-state index is 5.51. The van der Waals surface area contributed by atoms with E-state index in [9.17, 15) is 0 Å². The lowest BCUT2D eigenvalue weighted by atomic mass is 10.1. The van der Waals surface area contributed by atoms with Gasteiger partial charge in [0.2, 0.25) is 0 Å². The fourth-order valence-electron chi connectivity index (χ4n) is 0.950. The van der Waals surface area contributed by atoms with Gasteiger partial charge in [-0.05, 0) is 24.6 Å². The fraction of sp³-hybridized carbons (Fsp3) is 0.444. The van der Waals surface area contributed by atoms with Gasteiger partial charge in [-0.1, -0.05) is 6.92 Å². The third-order valence-electron chi connectivity index (χ3n) is 1.80. The number of hydrogen-bond donors (Lipinski definition) is 1. The van der Waals surface area contributed by atoms with Gasteiger partial charge in [-0.3, -0.25) is 4.98 Å². The van der Waals surface area contributed by atoms with Crippen LogP contribution in [0.15, 0.2) is 18.3 Å². The molecule has 11 heavy (non-hydrogen) atoms. The van der Waals surface area contributed by atoms with Crippen molar-refractivity contribution in [2.75, 3.05) is 6.54 Å². The monoisotopic (exact) mass is 150 g/mol. The molecule has 1 aromatic rings. The highest BCUT2D eigenvalue weighted by molar-refractivity contribution is 5.17. The summed E-state index contributed by atoms with van der Waals surface area (Å²) in [6.07, 6.45) is 1.83. The molecule has 2 nitrogen and oxygen atoms in total. The Balaban J connectivity index is 2.86. The SMILES string of the molecule is Cc1ccnc(C(C)CN)c1. The molecule has 1 rings (SSSR count). The number of hydrogen-bond acceptors (Lipinski definition) is 2. The molecular formula is C9H14N2. The van der Waals surface area contributed by atoms with Crippen LogP contribution in [-0.4, -0.2) is 11.5 Å². The molecule has 0 aliphatic carbocycles. The minimum absolute atomic E-state index is 0.370. The summed E-state index contributed by atoms with van der Waals surface area (Å²) in [5.41, 5.74) is 7.85. The second-order valence-electron chi connectivity index (χ2n) is 2.89. The second kappa shape index (κ2) is 3.49. The molecule has 1 heterocycles. The standard InChI is InChI=1S/C9H14N2/c1-7-3-4-11-9(5-7)8(2)6-10/h3-5,8H,6,10H2,1-2H3. The van der Waals surface area contributed by atoms with E-state index in [1.807, 2.05) is 12.3 Å². The summed E-state index contributed by atoms with van der Waals surface area (Å²) in [6.45, 7) is 4.81. The van der Waals surface area contributed by atoms with E-state index in [4.69, 9.17) is 5.73 Å². The van der Waals surface area contributed by atoms with Gasteiger partial charge in [0.05, 0.1) is 0 Å². The Labute approximate surface area is 67.5 Å². The predicted molar refractivity (Wildman–Crippen MR) is 46.4 cm³/mol. The van der Waals surface area contributed by atoms with Crippen molar-refractivity contribution < 1.29 is 0 Å². The van der Waals surface area contributed by atoms with Crippen LogP contribution in [-0.2, 0) is 0 Å². The molecule has 0 aliphatic heterocycles. The Morgan fingerprint density at radius 1 is 1.64 bits per heavy atom. The lowest BCUT2D eigenvalue weighted by Crippen LogP contribution is -2.10. The zero-order valence-electron chi connectivity index (χ0n) is 7.04. The van der Waals surface area contributed by atoms with E-state index >= 15 is 0 Å².